The summed E-state index contributed by atoms with van der Waals surface area (Å²) >= 11 is 13.2. The van der Waals surface area contributed by atoms with E-state index in [4.69, 9.17) is 33.7 Å². The summed E-state index contributed by atoms with van der Waals surface area (Å²) in [6, 6.07) is 6.88. The number of nitrogens with two attached hydrogens (primary N) is 1. The van der Waals surface area contributed by atoms with Gasteiger partial charge in [0.15, 0.2) is 5.65 Å². The number of aliphatic hydroxyl groups excluding tert-OH is 1. The van der Waals surface area contributed by atoms with Crippen LogP contribution in [-0.2, 0) is 4.74 Å². The van der Waals surface area contributed by atoms with Crippen molar-refractivity contribution in [2.75, 3.05) is 5.73 Å². The van der Waals surface area contributed by atoms with Crippen molar-refractivity contribution in [1.82, 2.24) is 9.38 Å². The Morgan fingerprint density at radius 2 is 1.63 bits per heavy atom. The molecule has 0 spiro atoms. The van der Waals surface area contributed by atoms with Crippen molar-refractivity contribution in [2.45, 2.75) is 107 Å². The summed E-state index contributed by atoms with van der Waals surface area (Å²) in [5.41, 5.74) is 6.53. The molecule has 7 nitrogen and oxygen atoms in total. The van der Waals surface area contributed by atoms with Gasteiger partial charge < -0.3 is 15.6 Å². The van der Waals surface area contributed by atoms with Crippen LogP contribution in [0.3, 0.4) is 0 Å². The molecule has 1 aliphatic carbocycles. The third-order valence-corrected chi connectivity index (χ3v) is 10.5. The molecule has 1 aromatic carbocycles. The van der Waals surface area contributed by atoms with E-state index in [9.17, 15) is 14.7 Å². The Kier molecular flexibility index (Phi) is 10.8. The highest BCUT2D eigenvalue weighted by Crippen LogP contribution is 2.50. The largest absolute Gasteiger partial charge is 0.511 e. The Bertz CT molecular complexity index is 1660. The van der Waals surface area contributed by atoms with Gasteiger partial charge in [-0.2, -0.15) is 0 Å². The Balaban J connectivity index is 2.00. The molecule has 9 heteroatoms. The first-order valence-electron chi connectivity index (χ1n) is 16.7. The molecule has 0 amide bonds. The first kappa shape index (κ1) is 36.1. The zero-order chi connectivity index (χ0) is 34.3. The van der Waals surface area contributed by atoms with Crippen LogP contribution in [0.1, 0.15) is 111 Å². The van der Waals surface area contributed by atoms with E-state index in [1.165, 1.54) is 4.40 Å². The van der Waals surface area contributed by atoms with Crippen molar-refractivity contribution >= 4 is 46.4 Å². The summed E-state index contributed by atoms with van der Waals surface area (Å²) in [5.74, 6) is -0.440. The fourth-order valence-corrected chi connectivity index (χ4v) is 7.75. The van der Waals surface area contributed by atoms with Crippen LogP contribution in [0, 0.1) is 34.5 Å². The summed E-state index contributed by atoms with van der Waals surface area (Å²) in [4.78, 5) is 33.4. The second-order valence-electron chi connectivity index (χ2n) is 15.4. The number of halogens is 2. The number of aromatic nitrogens is 2. The number of nitrogens with zero attached hydrogens (tertiary/aromatic N) is 2. The van der Waals surface area contributed by atoms with E-state index in [0.717, 1.165) is 25.7 Å². The number of aliphatic hydroxyl groups is 1. The van der Waals surface area contributed by atoms with E-state index in [-0.39, 0.29) is 67.8 Å². The number of anilines is 1. The van der Waals surface area contributed by atoms with Crippen molar-refractivity contribution < 1.29 is 14.6 Å². The molecular weight excluding hydrogens is 621 g/mol. The number of fused-ring (bicyclic) bond motifs is 1. The van der Waals surface area contributed by atoms with Crippen LogP contribution < -0.4 is 16.5 Å². The predicted molar refractivity (Wildman–Crippen MR) is 189 cm³/mol. The van der Waals surface area contributed by atoms with Crippen LogP contribution >= 0.6 is 23.2 Å². The number of nitrogen functional groups attached to an aromatic ring is 1. The third-order valence-electron chi connectivity index (χ3n) is 9.94. The number of esters is 1. The summed E-state index contributed by atoms with van der Waals surface area (Å²) in [5, 5.41) is 11.8. The zero-order valence-electron chi connectivity index (χ0n) is 28.8. The minimum absolute atomic E-state index is 0.00408. The van der Waals surface area contributed by atoms with Gasteiger partial charge in [-0.15, -0.1) is 0 Å². The van der Waals surface area contributed by atoms with Gasteiger partial charge in [0.2, 0.25) is 0 Å². The highest BCUT2D eigenvalue weighted by atomic mass is 35.5. The molecule has 252 valence electrons. The average molecular weight is 673 g/mol. The summed E-state index contributed by atoms with van der Waals surface area (Å²) < 4.78 is 7.78. The molecule has 2 heterocycles. The van der Waals surface area contributed by atoms with Gasteiger partial charge >= 0.3 is 5.97 Å². The predicted octanol–water partition coefficient (Wildman–Crippen LogP) is 9.13. The van der Waals surface area contributed by atoms with Gasteiger partial charge in [-0.25, -0.2) is 14.2 Å². The lowest BCUT2D eigenvalue weighted by Crippen LogP contribution is -2.49. The standard InChI is InChI=1S/C37H51Cl2N3O4/c1-10-12-13-21(11-2)29(43)28-32(40)41-33-27(26(31(39)42(33)34(28)44)22-14-16-23(38)17-15-22)35(45)46-30-24(36(4,5)6)18-20(3)19-25(30)37(7,8)9/h14-17,20-21,24-25,30,43H,10-13,18-19H2,1-9H3,(H2,40,41). The molecule has 0 aliphatic heterocycles. The summed E-state index contributed by atoms with van der Waals surface area (Å²) in [6.07, 6.45) is 4.65. The summed E-state index contributed by atoms with van der Waals surface area (Å²) in [6.45, 7) is 19.5. The first-order valence-corrected chi connectivity index (χ1v) is 17.4. The fourth-order valence-electron chi connectivity index (χ4n) is 7.27. The number of ether oxygens (including phenoxy) is 1. The Morgan fingerprint density at radius 1 is 1.07 bits per heavy atom. The van der Waals surface area contributed by atoms with E-state index in [0.29, 0.717) is 34.9 Å². The van der Waals surface area contributed by atoms with Gasteiger partial charge in [0.05, 0.1) is 0 Å². The normalized spacial score (nSPS) is 22.2. The smallest absolute Gasteiger partial charge is 0.342 e. The lowest BCUT2D eigenvalue weighted by molar-refractivity contribution is -0.0922. The van der Waals surface area contributed by atoms with Gasteiger partial charge in [0, 0.05) is 28.3 Å². The van der Waals surface area contributed by atoms with Crippen LogP contribution in [0.15, 0.2) is 29.1 Å². The number of carbonyl (C=O) groups excluding carboxylic acids is 1. The molecule has 3 unspecified atom stereocenters. The van der Waals surface area contributed by atoms with Crippen LogP contribution in [-0.4, -0.2) is 26.6 Å². The zero-order valence-corrected chi connectivity index (χ0v) is 30.4. The lowest BCUT2D eigenvalue weighted by Gasteiger charge is -2.50. The molecule has 0 saturated heterocycles. The average Bonchev–Trinajstić information content (AvgIpc) is 3.25. The molecule has 3 N–H and O–H groups in total. The second kappa shape index (κ2) is 13.8. The van der Waals surface area contributed by atoms with Gasteiger partial charge in [-0.05, 0) is 60.1 Å². The second-order valence-corrected chi connectivity index (χ2v) is 16.2. The lowest BCUT2D eigenvalue weighted by atomic mass is 9.59. The van der Waals surface area contributed by atoms with Crippen molar-refractivity contribution in [3.8, 4) is 11.1 Å². The van der Waals surface area contributed by atoms with Crippen molar-refractivity contribution in [1.29, 1.82) is 0 Å². The molecule has 3 atom stereocenters. The molecule has 1 aliphatic rings. The van der Waals surface area contributed by atoms with Crippen molar-refractivity contribution in [3.63, 3.8) is 0 Å². The SMILES string of the molecule is CCCCC(CC)C(O)=c1c(N)nc2c(C(=O)OC3C(C(C)(C)C)CC(C)CC3C(C)(C)C)c(-c3ccc(Cl)cc3)c(Cl)n2c1=O. The minimum atomic E-state index is -0.624. The Morgan fingerprint density at radius 3 is 2.13 bits per heavy atom. The van der Waals surface area contributed by atoms with E-state index in [1.807, 2.05) is 6.92 Å². The molecule has 0 bridgehead atoms. The number of benzene rings is 1. The molecule has 1 fully saturated rings. The number of rotatable bonds is 8. The van der Waals surface area contributed by atoms with Gasteiger partial charge in [-0.1, -0.05) is 110 Å². The molecule has 2 aromatic heterocycles. The van der Waals surface area contributed by atoms with Gasteiger partial charge in [-0.3, -0.25) is 4.79 Å². The topological polar surface area (TPSA) is 107 Å². The molecular formula is C37H51Cl2N3O4. The van der Waals surface area contributed by atoms with Crippen molar-refractivity contribution in [2.24, 2.45) is 34.5 Å². The van der Waals surface area contributed by atoms with Crippen LogP contribution in [0.2, 0.25) is 10.2 Å². The van der Waals surface area contributed by atoms with Crippen LogP contribution in [0.5, 0.6) is 0 Å². The highest BCUT2D eigenvalue weighted by molar-refractivity contribution is 6.34. The highest BCUT2D eigenvalue weighted by Gasteiger charge is 2.48. The molecule has 1 saturated carbocycles. The summed E-state index contributed by atoms with van der Waals surface area (Å²) in [7, 11) is 0. The minimum Gasteiger partial charge on any atom is -0.511 e. The fraction of sp³-hybridized carbons (Fsp3) is 0.595. The van der Waals surface area contributed by atoms with E-state index in [1.54, 1.807) is 24.3 Å². The van der Waals surface area contributed by atoms with Crippen molar-refractivity contribution in [3.05, 3.63) is 55.6 Å². The van der Waals surface area contributed by atoms with Crippen LogP contribution in [0.25, 0.3) is 22.5 Å². The van der Waals surface area contributed by atoms with E-state index >= 15 is 0 Å². The Hall–Kier alpha value is -2.77. The Labute approximate surface area is 283 Å². The maximum absolute atomic E-state index is 14.6. The van der Waals surface area contributed by atoms with E-state index in [2.05, 4.69) is 60.4 Å². The number of hydrogen-bond acceptors (Lipinski definition) is 6. The first-order chi connectivity index (χ1) is 21.4. The molecule has 4 rings (SSSR count). The molecule has 3 aromatic rings. The van der Waals surface area contributed by atoms with Crippen LogP contribution in [0.4, 0.5) is 5.82 Å². The molecule has 46 heavy (non-hydrogen) atoms. The quantitative estimate of drug-likeness (QED) is 0.231. The maximum Gasteiger partial charge on any atom is 0.342 e. The van der Waals surface area contributed by atoms with Gasteiger partial charge in [0.1, 0.15) is 33.6 Å². The number of hydrogen-bond donors (Lipinski definition) is 2. The molecule has 0 radical (unpaired) electrons. The number of unbranched alkanes of at least 4 members (excludes halogenated alkanes) is 1. The van der Waals surface area contributed by atoms with Gasteiger partial charge in [0.25, 0.3) is 5.56 Å². The monoisotopic (exact) mass is 671 g/mol. The maximum atomic E-state index is 14.6. The van der Waals surface area contributed by atoms with E-state index < -0.39 is 11.5 Å². The third kappa shape index (κ3) is 7.06. The number of carbonyl (C=O) groups is 1.